The van der Waals surface area contributed by atoms with E-state index in [1.54, 1.807) is 33.4 Å². The predicted octanol–water partition coefficient (Wildman–Crippen LogP) is 3.44. The molecule has 9 nitrogen and oxygen atoms in total. The van der Waals surface area contributed by atoms with E-state index in [0.717, 1.165) is 51.6 Å². The fraction of sp³-hybridized carbons (Fsp3) is 0.522. The fourth-order valence-corrected chi connectivity index (χ4v) is 6.01. The van der Waals surface area contributed by atoms with Crippen molar-refractivity contribution in [2.75, 3.05) is 19.6 Å². The molecule has 196 valence electrons. The van der Waals surface area contributed by atoms with Crippen molar-refractivity contribution in [1.29, 1.82) is 0 Å². The van der Waals surface area contributed by atoms with Gasteiger partial charge in [-0.1, -0.05) is 25.0 Å². The molecule has 2 fully saturated rings. The van der Waals surface area contributed by atoms with Gasteiger partial charge in [-0.3, -0.25) is 9.36 Å². The van der Waals surface area contributed by atoms with Gasteiger partial charge in [0.25, 0.3) is 5.91 Å². The number of aromatic nitrogens is 2. The van der Waals surface area contributed by atoms with Gasteiger partial charge >= 0.3 is 12.1 Å². The molecule has 1 aromatic heterocycles. The van der Waals surface area contributed by atoms with Crippen LogP contribution in [0, 0.1) is 5.92 Å². The van der Waals surface area contributed by atoms with Gasteiger partial charge in [0.1, 0.15) is 11.2 Å². The molecular formula is C23H27F3N4O5S. The van der Waals surface area contributed by atoms with Crippen molar-refractivity contribution in [3.05, 3.63) is 42.0 Å². The number of imidazole rings is 1. The zero-order chi connectivity index (χ0) is 26.1. The Hall–Kier alpha value is -2.93. The van der Waals surface area contributed by atoms with Gasteiger partial charge in [0.2, 0.25) is 10.0 Å². The largest absolute Gasteiger partial charge is 0.490 e. The topological polar surface area (TPSA) is 113 Å². The van der Waals surface area contributed by atoms with Crippen LogP contribution in [-0.4, -0.2) is 70.0 Å². The second kappa shape index (κ2) is 10.2. The smallest absolute Gasteiger partial charge is 0.475 e. The molecule has 0 unspecified atom stereocenters. The molecule has 1 saturated carbocycles. The SMILES string of the molecule is O=C(O)C(F)(F)F.O=C(c1ncn2c1CN(CC1CC1)S(=O)(=O)c1ccccc1-2)N1CCCCCC1. The number of amides is 1. The summed E-state index contributed by atoms with van der Waals surface area (Å²) in [5, 5.41) is 7.12. The van der Waals surface area contributed by atoms with Gasteiger partial charge in [0.05, 0.1) is 17.9 Å². The Kier molecular flexibility index (Phi) is 7.41. The first kappa shape index (κ1) is 26.1. The van der Waals surface area contributed by atoms with Crippen LogP contribution in [0.15, 0.2) is 35.5 Å². The molecule has 0 atom stereocenters. The maximum atomic E-state index is 13.4. The van der Waals surface area contributed by atoms with Crippen LogP contribution in [0.5, 0.6) is 0 Å². The number of benzene rings is 1. The normalized spacial score (nSPS) is 19.7. The van der Waals surface area contributed by atoms with E-state index in [2.05, 4.69) is 4.98 Å². The molecule has 1 aromatic carbocycles. The zero-order valence-electron chi connectivity index (χ0n) is 19.4. The highest BCUT2D eigenvalue weighted by atomic mass is 32.2. The van der Waals surface area contributed by atoms with Crippen molar-refractivity contribution in [2.24, 2.45) is 5.92 Å². The average Bonchev–Trinajstić information content (AvgIpc) is 3.61. The molecule has 2 aromatic rings. The molecular weight excluding hydrogens is 501 g/mol. The van der Waals surface area contributed by atoms with E-state index in [0.29, 0.717) is 29.5 Å². The maximum Gasteiger partial charge on any atom is 0.490 e. The zero-order valence-corrected chi connectivity index (χ0v) is 20.3. The van der Waals surface area contributed by atoms with Gasteiger partial charge in [-0.25, -0.2) is 18.2 Å². The molecule has 5 rings (SSSR count). The minimum absolute atomic E-state index is 0.0798. The molecule has 1 saturated heterocycles. The molecule has 1 amide bonds. The summed E-state index contributed by atoms with van der Waals surface area (Å²) in [4.78, 5) is 28.8. The molecule has 3 aliphatic rings. The number of hydrogen-bond acceptors (Lipinski definition) is 5. The average molecular weight is 529 g/mol. The summed E-state index contributed by atoms with van der Waals surface area (Å²) in [6.07, 6.45) is 2.95. The van der Waals surface area contributed by atoms with Gasteiger partial charge in [0, 0.05) is 19.6 Å². The Labute approximate surface area is 206 Å². The van der Waals surface area contributed by atoms with Crippen LogP contribution < -0.4 is 0 Å². The van der Waals surface area contributed by atoms with Crippen molar-refractivity contribution in [3.63, 3.8) is 0 Å². The molecule has 0 spiro atoms. The highest BCUT2D eigenvalue weighted by molar-refractivity contribution is 7.89. The number of nitrogens with zero attached hydrogens (tertiary/aromatic N) is 4. The second-order valence-corrected chi connectivity index (χ2v) is 11.0. The minimum atomic E-state index is -5.08. The Morgan fingerprint density at radius 2 is 1.67 bits per heavy atom. The van der Waals surface area contributed by atoms with Gasteiger partial charge in [-0.05, 0) is 43.7 Å². The first-order valence-electron chi connectivity index (χ1n) is 11.8. The summed E-state index contributed by atoms with van der Waals surface area (Å²) in [6, 6.07) is 7.01. The quantitative estimate of drug-likeness (QED) is 0.653. The highest BCUT2D eigenvalue weighted by Gasteiger charge is 2.39. The molecule has 0 bridgehead atoms. The van der Waals surface area contributed by atoms with Crippen LogP contribution in [0.1, 0.15) is 54.7 Å². The van der Waals surface area contributed by atoms with Gasteiger partial charge < -0.3 is 10.0 Å². The maximum absolute atomic E-state index is 13.4. The van der Waals surface area contributed by atoms with Gasteiger partial charge in [-0.15, -0.1) is 0 Å². The van der Waals surface area contributed by atoms with Crippen LogP contribution in [-0.2, 0) is 21.4 Å². The van der Waals surface area contributed by atoms with E-state index in [4.69, 9.17) is 9.90 Å². The Morgan fingerprint density at radius 3 is 2.25 bits per heavy atom. The van der Waals surface area contributed by atoms with E-state index in [9.17, 15) is 26.4 Å². The van der Waals surface area contributed by atoms with E-state index in [-0.39, 0.29) is 17.3 Å². The number of alkyl halides is 3. The Bertz CT molecular complexity index is 1230. The molecule has 3 heterocycles. The monoisotopic (exact) mass is 528 g/mol. The first-order chi connectivity index (χ1) is 17.0. The number of sulfonamides is 1. The molecule has 1 N–H and O–H groups in total. The number of likely N-dealkylation sites (tertiary alicyclic amines) is 1. The lowest BCUT2D eigenvalue weighted by Gasteiger charge is -2.22. The van der Waals surface area contributed by atoms with Crippen molar-refractivity contribution < 1.29 is 36.3 Å². The number of para-hydroxylation sites is 1. The number of halogens is 3. The van der Waals surface area contributed by atoms with Crippen molar-refractivity contribution in [3.8, 4) is 5.69 Å². The van der Waals surface area contributed by atoms with E-state index in [1.807, 2.05) is 11.0 Å². The first-order valence-corrected chi connectivity index (χ1v) is 13.2. The third-order valence-corrected chi connectivity index (χ3v) is 8.29. The number of carboxylic acid groups (broad SMARTS) is 1. The number of carboxylic acids is 1. The summed E-state index contributed by atoms with van der Waals surface area (Å²) in [5.41, 5.74) is 1.64. The number of rotatable bonds is 3. The Balaban J connectivity index is 0.000000384. The van der Waals surface area contributed by atoms with Crippen molar-refractivity contribution in [1.82, 2.24) is 18.8 Å². The fourth-order valence-electron chi connectivity index (χ4n) is 4.35. The van der Waals surface area contributed by atoms with Crippen LogP contribution in [0.3, 0.4) is 0 Å². The standard InChI is InChI=1S/C21H26N4O3S.C2HF3O2/c26-21(23-11-5-1-2-6-12-23)20-18-14-24(13-16-9-10-16)29(27,28)19-8-4-3-7-17(19)25(18)15-22-20;3-2(4,5)1(6)7/h3-4,7-8,15-16H,1-2,5-6,9-14H2;(H,6,7). The van der Waals surface area contributed by atoms with E-state index >= 15 is 0 Å². The molecule has 13 heteroatoms. The lowest BCUT2D eigenvalue weighted by molar-refractivity contribution is -0.192. The Morgan fingerprint density at radius 1 is 1.06 bits per heavy atom. The number of hydrogen-bond donors (Lipinski definition) is 1. The number of carbonyl (C=O) groups is 2. The van der Waals surface area contributed by atoms with Crippen molar-refractivity contribution >= 4 is 21.9 Å². The summed E-state index contributed by atoms with van der Waals surface area (Å²) >= 11 is 0. The summed E-state index contributed by atoms with van der Waals surface area (Å²) in [6.45, 7) is 2.17. The summed E-state index contributed by atoms with van der Waals surface area (Å²) in [5.74, 6) is -2.42. The van der Waals surface area contributed by atoms with E-state index in [1.165, 1.54) is 0 Å². The molecule has 36 heavy (non-hydrogen) atoms. The summed E-state index contributed by atoms with van der Waals surface area (Å²) < 4.78 is 61.8. The van der Waals surface area contributed by atoms with Crippen LogP contribution in [0.25, 0.3) is 5.69 Å². The van der Waals surface area contributed by atoms with Gasteiger partial charge in [0.15, 0.2) is 5.69 Å². The lowest BCUT2D eigenvalue weighted by atomic mass is 10.2. The summed E-state index contributed by atoms with van der Waals surface area (Å²) in [7, 11) is -3.63. The van der Waals surface area contributed by atoms with Crippen LogP contribution in [0.2, 0.25) is 0 Å². The third kappa shape index (κ3) is 5.56. The molecule has 0 radical (unpaired) electrons. The highest BCUT2D eigenvalue weighted by Crippen LogP contribution is 2.36. The van der Waals surface area contributed by atoms with Crippen LogP contribution >= 0.6 is 0 Å². The predicted molar refractivity (Wildman–Crippen MR) is 122 cm³/mol. The molecule has 1 aliphatic carbocycles. The molecule has 2 aliphatic heterocycles. The number of aliphatic carboxylic acids is 1. The number of carbonyl (C=O) groups excluding carboxylic acids is 1. The minimum Gasteiger partial charge on any atom is -0.475 e. The van der Waals surface area contributed by atoms with E-state index < -0.39 is 22.2 Å². The number of fused-ring (bicyclic) bond motifs is 3. The van der Waals surface area contributed by atoms with Gasteiger partial charge in [-0.2, -0.15) is 17.5 Å². The lowest BCUT2D eigenvalue weighted by Crippen LogP contribution is -2.35. The van der Waals surface area contributed by atoms with Crippen LogP contribution in [0.4, 0.5) is 13.2 Å². The van der Waals surface area contributed by atoms with Crippen molar-refractivity contribution in [2.45, 2.75) is 56.1 Å². The second-order valence-electron chi connectivity index (χ2n) is 9.13. The third-order valence-electron chi connectivity index (χ3n) is 6.43.